The first kappa shape index (κ1) is 15.2. The Hall–Kier alpha value is -1.75. The molecule has 2 aromatic rings. The zero-order valence-electron chi connectivity index (χ0n) is 13.1. The summed E-state index contributed by atoms with van der Waals surface area (Å²) >= 11 is 1.76. The number of aromatic amines is 1. The second kappa shape index (κ2) is 6.57. The Kier molecular flexibility index (Phi) is 4.52. The molecule has 1 aliphatic heterocycles. The number of H-pyrrole nitrogens is 1. The molecule has 0 unspecified atom stereocenters. The first-order chi connectivity index (χ1) is 10.6. The number of rotatable bonds is 4. The van der Waals surface area contributed by atoms with Crippen LogP contribution in [0.25, 0.3) is 0 Å². The van der Waals surface area contributed by atoms with Gasteiger partial charge in [-0.2, -0.15) is 5.10 Å². The largest absolute Gasteiger partial charge is 0.338 e. The number of thioether (sulfide) groups is 1. The summed E-state index contributed by atoms with van der Waals surface area (Å²) in [5, 5.41) is 7.05. The molecule has 0 radical (unpaired) electrons. The molecule has 1 aromatic heterocycles. The molecular weight excluding hydrogens is 294 g/mol. The van der Waals surface area contributed by atoms with Crippen LogP contribution >= 0.6 is 11.8 Å². The van der Waals surface area contributed by atoms with Gasteiger partial charge in [-0.25, -0.2) is 0 Å². The molecule has 3 rings (SSSR count). The number of aromatic nitrogens is 2. The summed E-state index contributed by atoms with van der Waals surface area (Å²) in [6.45, 7) is 5.73. The van der Waals surface area contributed by atoms with E-state index in [4.69, 9.17) is 0 Å². The van der Waals surface area contributed by atoms with Crippen molar-refractivity contribution in [2.45, 2.75) is 38.1 Å². The Morgan fingerprint density at radius 1 is 1.36 bits per heavy atom. The van der Waals surface area contributed by atoms with E-state index in [2.05, 4.69) is 42.2 Å². The smallest absolute Gasteiger partial charge is 0.223 e. The van der Waals surface area contributed by atoms with Crippen LogP contribution in [-0.2, 0) is 17.8 Å². The van der Waals surface area contributed by atoms with Crippen molar-refractivity contribution in [3.8, 4) is 0 Å². The third-order valence-electron chi connectivity index (χ3n) is 4.22. The molecule has 1 aromatic carbocycles. The molecule has 0 bridgehead atoms. The first-order valence-electron chi connectivity index (χ1n) is 7.62. The van der Waals surface area contributed by atoms with E-state index in [1.165, 1.54) is 21.7 Å². The third kappa shape index (κ3) is 3.35. The summed E-state index contributed by atoms with van der Waals surface area (Å²) in [6.07, 6.45) is 3.30. The number of nitrogens with zero attached hydrogens (tertiary/aromatic N) is 2. The van der Waals surface area contributed by atoms with E-state index in [1.54, 1.807) is 11.8 Å². The topological polar surface area (TPSA) is 49.0 Å². The van der Waals surface area contributed by atoms with E-state index in [9.17, 15) is 4.79 Å². The lowest BCUT2D eigenvalue weighted by atomic mass is 10.1. The molecule has 0 spiro atoms. The van der Waals surface area contributed by atoms with E-state index < -0.39 is 0 Å². The van der Waals surface area contributed by atoms with E-state index >= 15 is 0 Å². The fraction of sp³-hybridized carbons (Fsp3) is 0.412. The van der Waals surface area contributed by atoms with E-state index in [0.29, 0.717) is 13.0 Å². The lowest BCUT2D eigenvalue weighted by Crippen LogP contribution is -2.35. The van der Waals surface area contributed by atoms with Crippen molar-refractivity contribution < 1.29 is 4.79 Å². The zero-order valence-corrected chi connectivity index (χ0v) is 13.9. The highest BCUT2D eigenvalue weighted by Gasteiger charge is 2.21. The second-order valence-electron chi connectivity index (χ2n) is 5.78. The van der Waals surface area contributed by atoms with Gasteiger partial charge in [0, 0.05) is 47.8 Å². The summed E-state index contributed by atoms with van der Waals surface area (Å²) < 4.78 is 0. The lowest BCUT2D eigenvalue weighted by Gasteiger charge is -2.26. The Labute approximate surface area is 135 Å². The van der Waals surface area contributed by atoms with Crippen LogP contribution in [0.5, 0.6) is 0 Å². The maximum atomic E-state index is 12.3. The molecule has 0 atom stereocenters. The monoisotopic (exact) mass is 315 g/mol. The van der Waals surface area contributed by atoms with Gasteiger partial charge in [-0.3, -0.25) is 9.89 Å². The van der Waals surface area contributed by atoms with Gasteiger partial charge in [-0.05, 0) is 37.1 Å². The van der Waals surface area contributed by atoms with Crippen LogP contribution in [0.1, 0.15) is 28.8 Å². The average Bonchev–Trinajstić information content (AvgIpc) is 2.98. The Balaban J connectivity index is 1.49. The number of hydrogen-bond acceptors (Lipinski definition) is 3. The molecule has 0 aliphatic carbocycles. The van der Waals surface area contributed by atoms with E-state index in [0.717, 1.165) is 24.3 Å². The molecule has 22 heavy (non-hydrogen) atoms. The van der Waals surface area contributed by atoms with Gasteiger partial charge >= 0.3 is 0 Å². The summed E-state index contributed by atoms with van der Waals surface area (Å²) in [5.74, 6) is 1.07. The fourth-order valence-electron chi connectivity index (χ4n) is 2.65. The average molecular weight is 315 g/mol. The van der Waals surface area contributed by atoms with Crippen LogP contribution in [0.3, 0.4) is 0 Å². The van der Waals surface area contributed by atoms with Gasteiger partial charge < -0.3 is 4.90 Å². The molecule has 5 heteroatoms. The standard InChI is InChI=1S/C17H21N3OS/c1-12-3-4-15(9-13(12)2)22-8-6-17(21)20-7-5-16-14(11-20)10-18-19-16/h3-4,9-10H,5-8,11H2,1-2H3,(H,18,19). The van der Waals surface area contributed by atoms with E-state index in [1.807, 2.05) is 11.1 Å². The molecule has 4 nitrogen and oxygen atoms in total. The van der Waals surface area contributed by atoms with Crippen molar-refractivity contribution in [1.82, 2.24) is 15.1 Å². The minimum atomic E-state index is 0.239. The van der Waals surface area contributed by atoms with Crippen molar-refractivity contribution in [2.75, 3.05) is 12.3 Å². The minimum absolute atomic E-state index is 0.239. The highest BCUT2D eigenvalue weighted by molar-refractivity contribution is 7.99. The molecule has 1 aliphatic rings. The van der Waals surface area contributed by atoms with Gasteiger partial charge in [0.1, 0.15) is 0 Å². The van der Waals surface area contributed by atoms with Gasteiger partial charge in [-0.1, -0.05) is 6.07 Å². The van der Waals surface area contributed by atoms with Crippen LogP contribution in [0.2, 0.25) is 0 Å². The zero-order chi connectivity index (χ0) is 15.5. The number of nitrogens with one attached hydrogen (secondary N) is 1. The van der Waals surface area contributed by atoms with Gasteiger partial charge in [0.05, 0.1) is 6.20 Å². The van der Waals surface area contributed by atoms with Gasteiger partial charge in [0.2, 0.25) is 5.91 Å². The molecule has 116 valence electrons. The molecule has 1 N–H and O–H groups in total. The summed E-state index contributed by atoms with van der Waals surface area (Å²) in [5.41, 5.74) is 4.94. The molecule has 0 saturated carbocycles. The molecule has 0 saturated heterocycles. The third-order valence-corrected chi connectivity index (χ3v) is 5.21. The normalized spacial score (nSPS) is 14.0. The molecule has 2 heterocycles. The van der Waals surface area contributed by atoms with Crippen molar-refractivity contribution in [2.24, 2.45) is 0 Å². The Morgan fingerprint density at radius 3 is 3.05 bits per heavy atom. The fourth-order valence-corrected chi connectivity index (χ4v) is 3.59. The summed E-state index contributed by atoms with van der Waals surface area (Å²) in [6, 6.07) is 6.48. The maximum absolute atomic E-state index is 12.3. The highest BCUT2D eigenvalue weighted by Crippen LogP contribution is 2.23. The summed E-state index contributed by atoms with van der Waals surface area (Å²) in [4.78, 5) is 15.5. The summed E-state index contributed by atoms with van der Waals surface area (Å²) in [7, 11) is 0. The maximum Gasteiger partial charge on any atom is 0.223 e. The van der Waals surface area contributed by atoms with Crippen molar-refractivity contribution in [3.05, 3.63) is 46.8 Å². The number of hydrogen-bond donors (Lipinski definition) is 1. The number of fused-ring (bicyclic) bond motifs is 1. The quantitative estimate of drug-likeness (QED) is 0.882. The van der Waals surface area contributed by atoms with Crippen LogP contribution < -0.4 is 0 Å². The number of aryl methyl sites for hydroxylation is 2. The van der Waals surface area contributed by atoms with Crippen molar-refractivity contribution >= 4 is 17.7 Å². The Morgan fingerprint density at radius 2 is 2.23 bits per heavy atom. The van der Waals surface area contributed by atoms with E-state index in [-0.39, 0.29) is 5.91 Å². The second-order valence-corrected chi connectivity index (χ2v) is 6.95. The predicted molar refractivity (Wildman–Crippen MR) is 89.0 cm³/mol. The molecule has 0 fully saturated rings. The number of benzene rings is 1. The van der Waals surface area contributed by atoms with Gasteiger partial charge in [-0.15, -0.1) is 11.8 Å². The number of carbonyl (C=O) groups excluding carboxylic acids is 1. The lowest BCUT2D eigenvalue weighted by molar-refractivity contribution is -0.131. The number of carbonyl (C=O) groups is 1. The van der Waals surface area contributed by atoms with Crippen LogP contribution in [0.15, 0.2) is 29.3 Å². The van der Waals surface area contributed by atoms with Crippen LogP contribution in [-0.4, -0.2) is 33.3 Å². The van der Waals surface area contributed by atoms with Crippen LogP contribution in [0.4, 0.5) is 0 Å². The van der Waals surface area contributed by atoms with Gasteiger partial charge in [0.25, 0.3) is 0 Å². The molecular formula is C17H21N3OS. The van der Waals surface area contributed by atoms with Gasteiger partial charge in [0.15, 0.2) is 0 Å². The number of amides is 1. The van der Waals surface area contributed by atoms with Crippen molar-refractivity contribution in [3.63, 3.8) is 0 Å². The highest BCUT2D eigenvalue weighted by atomic mass is 32.2. The SMILES string of the molecule is Cc1ccc(SCCC(=O)N2CCc3[nH]ncc3C2)cc1C. The van der Waals surface area contributed by atoms with Crippen molar-refractivity contribution in [1.29, 1.82) is 0 Å². The van der Waals surface area contributed by atoms with Crippen LogP contribution in [0, 0.1) is 13.8 Å². The first-order valence-corrected chi connectivity index (χ1v) is 8.61. The minimum Gasteiger partial charge on any atom is -0.338 e. The predicted octanol–water partition coefficient (Wildman–Crippen LogP) is 3.09. The molecule has 1 amide bonds. The Bertz CT molecular complexity index is 680.